The molecule has 0 aromatic heterocycles. The first-order chi connectivity index (χ1) is 9.63. The van der Waals surface area contributed by atoms with Crippen molar-refractivity contribution in [2.75, 3.05) is 13.2 Å². The molecule has 1 aliphatic rings. The number of hydrogen-bond donors (Lipinski definition) is 1. The molecule has 5 nitrogen and oxygen atoms in total. The Bertz CT molecular complexity index is 483. The number of likely N-dealkylation sites (tertiary alicyclic amines) is 1. The zero-order valence-electron chi connectivity index (χ0n) is 11.5. The Morgan fingerprint density at radius 2 is 2.05 bits per heavy atom. The maximum Gasteiger partial charge on any atom is 0.333 e. The lowest BCUT2D eigenvalue weighted by Crippen LogP contribution is -2.42. The Hall–Kier alpha value is -2.04. The maximum absolute atomic E-state index is 12.2. The summed E-state index contributed by atoms with van der Waals surface area (Å²) in [6.45, 7) is 2.57. The highest BCUT2D eigenvalue weighted by Crippen LogP contribution is 2.27. The molecule has 2 rings (SSSR count). The number of benzene rings is 1. The molecule has 0 aliphatic carbocycles. The number of piperidine rings is 1. The number of phenols is 1. The van der Waals surface area contributed by atoms with Gasteiger partial charge in [-0.15, -0.1) is 0 Å². The van der Waals surface area contributed by atoms with Gasteiger partial charge in [0.05, 0.1) is 6.61 Å². The molecule has 1 N–H and O–H groups in total. The molecule has 1 aromatic carbocycles. The molecule has 20 heavy (non-hydrogen) atoms. The fraction of sp³-hybridized carbons (Fsp3) is 0.467. The van der Waals surface area contributed by atoms with Crippen LogP contribution in [0.3, 0.4) is 0 Å². The van der Waals surface area contributed by atoms with Gasteiger partial charge in [0.15, 0.2) is 6.04 Å². The van der Waals surface area contributed by atoms with Gasteiger partial charge in [-0.1, -0.05) is 12.1 Å². The topological polar surface area (TPSA) is 66.8 Å². The van der Waals surface area contributed by atoms with Crippen LogP contribution in [-0.2, 0) is 14.3 Å². The first-order valence-corrected chi connectivity index (χ1v) is 6.88. The minimum atomic E-state index is -0.719. The third-order valence-electron chi connectivity index (χ3n) is 3.39. The van der Waals surface area contributed by atoms with Crippen molar-refractivity contribution in [1.82, 2.24) is 4.90 Å². The zero-order chi connectivity index (χ0) is 14.5. The number of rotatable bonds is 4. The summed E-state index contributed by atoms with van der Waals surface area (Å²) in [7, 11) is 0. The molecule has 108 valence electrons. The van der Waals surface area contributed by atoms with Gasteiger partial charge in [-0.05, 0) is 37.5 Å². The molecule has 1 aromatic rings. The average molecular weight is 277 g/mol. The highest BCUT2D eigenvalue weighted by molar-refractivity contribution is 5.86. The molecule has 0 radical (unpaired) electrons. The molecule has 1 atom stereocenters. The van der Waals surface area contributed by atoms with Gasteiger partial charge in [0.1, 0.15) is 5.75 Å². The molecule has 0 saturated carbocycles. The van der Waals surface area contributed by atoms with Crippen LogP contribution in [0.5, 0.6) is 5.75 Å². The average Bonchev–Trinajstić information content (AvgIpc) is 2.44. The molecular formula is C15H19NO4. The standard InChI is InChI=1S/C15H19NO4/c1-2-20-15(19)14(11-6-8-12(17)9-7-11)16-10-4-3-5-13(16)18/h6-9,14,17H,2-5,10H2,1H3. The van der Waals surface area contributed by atoms with Crippen LogP contribution in [0.2, 0.25) is 0 Å². The van der Waals surface area contributed by atoms with Crippen LogP contribution in [0.25, 0.3) is 0 Å². The van der Waals surface area contributed by atoms with E-state index >= 15 is 0 Å². The number of phenolic OH excluding ortho intramolecular Hbond substituents is 1. The third kappa shape index (κ3) is 3.10. The summed E-state index contributed by atoms with van der Waals surface area (Å²) in [4.78, 5) is 25.8. The number of nitrogens with zero attached hydrogens (tertiary/aromatic N) is 1. The van der Waals surface area contributed by atoms with E-state index in [2.05, 4.69) is 0 Å². The van der Waals surface area contributed by atoms with Crippen molar-refractivity contribution in [1.29, 1.82) is 0 Å². The highest BCUT2D eigenvalue weighted by Gasteiger charge is 2.33. The van der Waals surface area contributed by atoms with Crippen molar-refractivity contribution in [3.63, 3.8) is 0 Å². The van der Waals surface area contributed by atoms with Crippen LogP contribution in [0.1, 0.15) is 37.8 Å². The van der Waals surface area contributed by atoms with E-state index in [1.54, 1.807) is 24.0 Å². The van der Waals surface area contributed by atoms with Crippen LogP contribution in [0.4, 0.5) is 0 Å². The number of carbonyl (C=O) groups is 2. The van der Waals surface area contributed by atoms with Crippen LogP contribution in [0.15, 0.2) is 24.3 Å². The predicted octanol–water partition coefficient (Wildman–Crippen LogP) is 2.01. The van der Waals surface area contributed by atoms with Crippen LogP contribution in [-0.4, -0.2) is 35.0 Å². The van der Waals surface area contributed by atoms with Crippen molar-refractivity contribution in [2.24, 2.45) is 0 Å². The first-order valence-electron chi connectivity index (χ1n) is 6.88. The minimum Gasteiger partial charge on any atom is -0.508 e. The van der Waals surface area contributed by atoms with Crippen molar-refractivity contribution < 1.29 is 19.4 Å². The van der Waals surface area contributed by atoms with Gasteiger partial charge in [-0.3, -0.25) is 4.79 Å². The molecule has 0 bridgehead atoms. The molecule has 1 aliphatic heterocycles. The predicted molar refractivity (Wildman–Crippen MR) is 73.0 cm³/mol. The largest absolute Gasteiger partial charge is 0.508 e. The van der Waals surface area contributed by atoms with Gasteiger partial charge < -0.3 is 14.7 Å². The van der Waals surface area contributed by atoms with E-state index in [0.717, 1.165) is 12.8 Å². The number of carbonyl (C=O) groups excluding carboxylic acids is 2. The second-order valence-electron chi connectivity index (χ2n) is 4.79. The summed E-state index contributed by atoms with van der Waals surface area (Å²) < 4.78 is 5.09. The van der Waals surface area contributed by atoms with Gasteiger partial charge in [0.25, 0.3) is 0 Å². The Labute approximate surface area is 118 Å². The summed E-state index contributed by atoms with van der Waals surface area (Å²) in [6.07, 6.45) is 2.22. The molecule has 5 heteroatoms. The van der Waals surface area contributed by atoms with E-state index in [-0.39, 0.29) is 18.3 Å². The molecule has 1 fully saturated rings. The Balaban J connectivity index is 2.30. The molecule has 1 amide bonds. The summed E-state index contributed by atoms with van der Waals surface area (Å²) in [5.74, 6) is -0.322. The quantitative estimate of drug-likeness (QED) is 0.855. The summed E-state index contributed by atoms with van der Waals surface area (Å²) in [5.41, 5.74) is 0.663. The molecule has 1 heterocycles. The van der Waals surface area contributed by atoms with Crippen LogP contribution >= 0.6 is 0 Å². The molecule has 1 unspecified atom stereocenters. The second kappa shape index (κ2) is 6.41. The molecular weight excluding hydrogens is 258 g/mol. The lowest BCUT2D eigenvalue weighted by atomic mass is 10.0. The van der Waals surface area contributed by atoms with Gasteiger partial charge in [-0.25, -0.2) is 4.79 Å². The summed E-state index contributed by atoms with van der Waals surface area (Å²) in [6, 6.07) is 5.60. The van der Waals surface area contributed by atoms with Gasteiger partial charge >= 0.3 is 5.97 Å². The Morgan fingerprint density at radius 1 is 1.35 bits per heavy atom. The normalized spacial score (nSPS) is 16.9. The molecule has 0 spiro atoms. The van der Waals surface area contributed by atoms with Crippen LogP contribution in [0, 0.1) is 0 Å². The number of esters is 1. The van der Waals surface area contributed by atoms with E-state index in [1.807, 2.05) is 0 Å². The van der Waals surface area contributed by atoms with E-state index < -0.39 is 12.0 Å². The number of hydrogen-bond acceptors (Lipinski definition) is 4. The van der Waals surface area contributed by atoms with Crippen LogP contribution < -0.4 is 0 Å². The highest BCUT2D eigenvalue weighted by atomic mass is 16.5. The first kappa shape index (κ1) is 14.4. The Kier molecular flexibility index (Phi) is 4.61. The number of amides is 1. The fourth-order valence-corrected chi connectivity index (χ4v) is 2.42. The zero-order valence-corrected chi connectivity index (χ0v) is 11.5. The second-order valence-corrected chi connectivity index (χ2v) is 4.79. The third-order valence-corrected chi connectivity index (χ3v) is 3.39. The summed E-state index contributed by atoms with van der Waals surface area (Å²) >= 11 is 0. The van der Waals surface area contributed by atoms with E-state index in [4.69, 9.17) is 4.74 Å². The number of aromatic hydroxyl groups is 1. The lowest BCUT2D eigenvalue weighted by molar-refractivity contribution is -0.156. The minimum absolute atomic E-state index is 0.0256. The molecule has 1 saturated heterocycles. The Morgan fingerprint density at radius 3 is 2.65 bits per heavy atom. The monoisotopic (exact) mass is 277 g/mol. The lowest BCUT2D eigenvalue weighted by Gasteiger charge is -2.33. The summed E-state index contributed by atoms with van der Waals surface area (Å²) in [5, 5.41) is 9.35. The van der Waals surface area contributed by atoms with Gasteiger partial charge in [0, 0.05) is 13.0 Å². The van der Waals surface area contributed by atoms with Crippen molar-refractivity contribution in [2.45, 2.75) is 32.2 Å². The van der Waals surface area contributed by atoms with E-state index in [0.29, 0.717) is 18.5 Å². The van der Waals surface area contributed by atoms with E-state index in [1.165, 1.54) is 12.1 Å². The van der Waals surface area contributed by atoms with Crippen molar-refractivity contribution in [3.05, 3.63) is 29.8 Å². The van der Waals surface area contributed by atoms with Crippen molar-refractivity contribution >= 4 is 11.9 Å². The van der Waals surface area contributed by atoms with Gasteiger partial charge in [-0.2, -0.15) is 0 Å². The van der Waals surface area contributed by atoms with E-state index in [9.17, 15) is 14.7 Å². The maximum atomic E-state index is 12.2. The smallest absolute Gasteiger partial charge is 0.333 e. The van der Waals surface area contributed by atoms with Gasteiger partial charge in [0.2, 0.25) is 5.91 Å². The fourth-order valence-electron chi connectivity index (χ4n) is 2.42. The number of ether oxygens (including phenoxy) is 1. The van der Waals surface area contributed by atoms with Crippen molar-refractivity contribution in [3.8, 4) is 5.75 Å². The SMILES string of the molecule is CCOC(=O)C(c1ccc(O)cc1)N1CCCCC1=O.